The topological polar surface area (TPSA) is 82.3 Å². The van der Waals surface area contributed by atoms with Crippen LogP contribution in [0.3, 0.4) is 0 Å². The maximum atomic E-state index is 12.7. The lowest BCUT2D eigenvalue weighted by Crippen LogP contribution is -2.45. The minimum atomic E-state index is -1.01. The molecule has 6 nitrogen and oxygen atoms in total. The van der Waals surface area contributed by atoms with Crippen molar-refractivity contribution in [2.75, 3.05) is 5.32 Å². The van der Waals surface area contributed by atoms with Crippen molar-refractivity contribution < 1.29 is 14.4 Å². The van der Waals surface area contributed by atoms with Gasteiger partial charge in [0.15, 0.2) is 0 Å². The lowest BCUT2D eigenvalue weighted by molar-refractivity contribution is -0.119. The SMILES string of the molecule is CC(C(=O)Nc1cccc2[nH]ccc12)N1C(=O)c2cc(Cl)c(Cl)cc2C1=O. The number of hydrogen-bond donors (Lipinski definition) is 2. The molecule has 0 fully saturated rings. The summed E-state index contributed by atoms with van der Waals surface area (Å²) in [5, 5.41) is 3.96. The highest BCUT2D eigenvalue weighted by molar-refractivity contribution is 6.43. The van der Waals surface area contributed by atoms with Crippen molar-refractivity contribution >= 4 is 57.5 Å². The van der Waals surface area contributed by atoms with Crippen molar-refractivity contribution in [2.24, 2.45) is 0 Å². The van der Waals surface area contributed by atoms with Crippen molar-refractivity contribution in [1.82, 2.24) is 9.88 Å². The molecule has 27 heavy (non-hydrogen) atoms. The van der Waals surface area contributed by atoms with E-state index >= 15 is 0 Å². The summed E-state index contributed by atoms with van der Waals surface area (Å²) < 4.78 is 0. The molecule has 3 aromatic rings. The standard InChI is InChI=1S/C19H13Cl2N3O3/c1-9(17(25)23-16-4-2-3-15-10(16)5-6-22-15)24-18(26)11-7-13(20)14(21)8-12(11)19(24)27/h2-9,22H,1H3,(H,23,25). The zero-order valence-corrected chi connectivity index (χ0v) is 15.6. The average molecular weight is 402 g/mol. The summed E-state index contributed by atoms with van der Waals surface area (Å²) in [5.41, 5.74) is 1.74. The van der Waals surface area contributed by atoms with Crippen LogP contribution in [0.15, 0.2) is 42.6 Å². The van der Waals surface area contributed by atoms with Gasteiger partial charge in [-0.3, -0.25) is 19.3 Å². The molecular formula is C19H13Cl2N3O3. The molecule has 1 aliphatic heterocycles. The number of amides is 3. The number of hydrogen-bond acceptors (Lipinski definition) is 3. The summed E-state index contributed by atoms with van der Waals surface area (Å²) in [6, 6.07) is 8.96. The van der Waals surface area contributed by atoms with E-state index in [-0.39, 0.29) is 21.2 Å². The summed E-state index contributed by atoms with van der Waals surface area (Å²) in [5.74, 6) is -1.62. The number of aromatic nitrogens is 1. The number of benzene rings is 2. The number of nitrogens with zero attached hydrogens (tertiary/aromatic N) is 1. The van der Waals surface area contributed by atoms with Crippen LogP contribution in [0.5, 0.6) is 0 Å². The Morgan fingerprint density at radius 2 is 1.70 bits per heavy atom. The van der Waals surface area contributed by atoms with E-state index in [9.17, 15) is 14.4 Å². The Kier molecular flexibility index (Phi) is 4.17. The predicted octanol–water partition coefficient (Wildman–Crippen LogP) is 4.10. The molecule has 1 atom stereocenters. The van der Waals surface area contributed by atoms with E-state index in [1.807, 2.05) is 12.1 Å². The van der Waals surface area contributed by atoms with Crippen LogP contribution < -0.4 is 5.32 Å². The van der Waals surface area contributed by atoms with Gasteiger partial charge in [-0.2, -0.15) is 0 Å². The molecule has 0 bridgehead atoms. The monoisotopic (exact) mass is 401 g/mol. The number of imide groups is 1. The molecule has 2 aromatic carbocycles. The molecule has 0 radical (unpaired) electrons. The number of rotatable bonds is 3. The maximum Gasteiger partial charge on any atom is 0.262 e. The van der Waals surface area contributed by atoms with Crippen molar-refractivity contribution in [1.29, 1.82) is 0 Å². The third kappa shape index (κ3) is 2.78. The molecule has 2 heterocycles. The van der Waals surface area contributed by atoms with Crippen LogP contribution in [0.4, 0.5) is 5.69 Å². The molecule has 1 aliphatic rings. The highest BCUT2D eigenvalue weighted by Crippen LogP contribution is 2.32. The Morgan fingerprint density at radius 1 is 1.07 bits per heavy atom. The molecule has 0 saturated heterocycles. The Balaban J connectivity index is 1.62. The Morgan fingerprint density at radius 3 is 2.33 bits per heavy atom. The van der Waals surface area contributed by atoms with Crippen molar-refractivity contribution in [3.8, 4) is 0 Å². The van der Waals surface area contributed by atoms with Gasteiger partial charge in [0.25, 0.3) is 11.8 Å². The van der Waals surface area contributed by atoms with E-state index in [0.29, 0.717) is 5.69 Å². The third-order valence-corrected chi connectivity index (χ3v) is 5.30. The second-order valence-corrected chi connectivity index (χ2v) is 7.02. The number of anilines is 1. The molecule has 0 aliphatic carbocycles. The molecule has 136 valence electrons. The van der Waals surface area contributed by atoms with E-state index in [4.69, 9.17) is 23.2 Å². The van der Waals surface area contributed by atoms with Gasteiger partial charge in [-0.1, -0.05) is 29.3 Å². The highest BCUT2D eigenvalue weighted by Gasteiger charge is 2.41. The van der Waals surface area contributed by atoms with E-state index in [1.54, 1.807) is 18.3 Å². The minimum absolute atomic E-state index is 0.141. The molecule has 0 saturated carbocycles. The number of H-pyrrole nitrogens is 1. The van der Waals surface area contributed by atoms with Crippen molar-refractivity contribution in [3.63, 3.8) is 0 Å². The van der Waals surface area contributed by atoms with E-state index in [2.05, 4.69) is 10.3 Å². The summed E-state index contributed by atoms with van der Waals surface area (Å²) in [6.07, 6.45) is 1.77. The number of carbonyl (C=O) groups excluding carboxylic acids is 3. The van der Waals surface area contributed by atoms with Gasteiger partial charge < -0.3 is 10.3 Å². The quantitative estimate of drug-likeness (QED) is 0.648. The molecular weight excluding hydrogens is 389 g/mol. The minimum Gasteiger partial charge on any atom is -0.361 e. The summed E-state index contributed by atoms with van der Waals surface area (Å²) in [7, 11) is 0. The molecule has 2 N–H and O–H groups in total. The van der Waals surface area contributed by atoms with Gasteiger partial charge in [0, 0.05) is 17.1 Å². The van der Waals surface area contributed by atoms with Gasteiger partial charge in [-0.15, -0.1) is 0 Å². The number of fused-ring (bicyclic) bond motifs is 2. The predicted molar refractivity (Wildman–Crippen MR) is 103 cm³/mol. The van der Waals surface area contributed by atoms with Crippen LogP contribution >= 0.6 is 23.2 Å². The Bertz CT molecular complexity index is 1080. The van der Waals surface area contributed by atoms with Crippen molar-refractivity contribution in [2.45, 2.75) is 13.0 Å². The highest BCUT2D eigenvalue weighted by atomic mass is 35.5. The number of carbonyl (C=O) groups is 3. The summed E-state index contributed by atoms with van der Waals surface area (Å²) in [6.45, 7) is 1.50. The van der Waals surface area contributed by atoms with Crippen molar-refractivity contribution in [3.05, 3.63) is 63.8 Å². The number of nitrogens with one attached hydrogen (secondary N) is 2. The summed E-state index contributed by atoms with van der Waals surface area (Å²) in [4.78, 5) is 42.0. The van der Waals surface area contributed by atoms with Crippen LogP contribution in [0.2, 0.25) is 10.0 Å². The lowest BCUT2D eigenvalue weighted by Gasteiger charge is -2.21. The van der Waals surface area contributed by atoms with E-state index < -0.39 is 23.8 Å². The van der Waals surface area contributed by atoms with Crippen LogP contribution in [0.25, 0.3) is 10.9 Å². The molecule has 0 spiro atoms. The fourth-order valence-corrected chi connectivity index (χ4v) is 3.48. The molecule has 8 heteroatoms. The van der Waals surface area contributed by atoms with Crippen LogP contribution in [0, 0.1) is 0 Å². The second kappa shape index (κ2) is 6.40. The smallest absolute Gasteiger partial charge is 0.262 e. The first-order chi connectivity index (χ1) is 12.9. The van der Waals surface area contributed by atoms with Gasteiger partial charge in [0.1, 0.15) is 6.04 Å². The van der Waals surface area contributed by atoms with Gasteiger partial charge in [0.05, 0.1) is 26.9 Å². The first kappa shape index (κ1) is 17.6. The number of aromatic amines is 1. The Hall–Kier alpha value is -2.83. The van der Waals surface area contributed by atoms with Crippen LogP contribution in [-0.4, -0.2) is 33.6 Å². The fourth-order valence-electron chi connectivity index (χ4n) is 3.15. The molecule has 4 rings (SSSR count). The number of halogens is 2. The normalized spacial score (nSPS) is 14.6. The molecule has 1 aromatic heterocycles. The fraction of sp³-hybridized carbons (Fsp3) is 0.105. The maximum absolute atomic E-state index is 12.7. The molecule has 3 amide bonds. The van der Waals surface area contributed by atoms with E-state index in [1.165, 1.54) is 19.1 Å². The second-order valence-electron chi connectivity index (χ2n) is 6.20. The van der Waals surface area contributed by atoms with Gasteiger partial charge in [0.2, 0.25) is 5.91 Å². The van der Waals surface area contributed by atoms with Gasteiger partial charge >= 0.3 is 0 Å². The van der Waals surface area contributed by atoms with Gasteiger partial charge in [-0.05, 0) is 37.3 Å². The zero-order valence-electron chi connectivity index (χ0n) is 14.0. The molecule has 1 unspecified atom stereocenters. The van der Waals surface area contributed by atoms with Crippen LogP contribution in [0.1, 0.15) is 27.6 Å². The zero-order chi connectivity index (χ0) is 19.3. The average Bonchev–Trinajstić information content (AvgIpc) is 3.20. The van der Waals surface area contributed by atoms with E-state index in [0.717, 1.165) is 15.8 Å². The van der Waals surface area contributed by atoms with Crippen LogP contribution in [-0.2, 0) is 4.79 Å². The first-order valence-electron chi connectivity index (χ1n) is 8.12. The Labute approximate surface area is 164 Å². The van der Waals surface area contributed by atoms with Gasteiger partial charge in [-0.25, -0.2) is 0 Å². The summed E-state index contributed by atoms with van der Waals surface area (Å²) >= 11 is 11.9. The lowest BCUT2D eigenvalue weighted by atomic mass is 10.1. The third-order valence-electron chi connectivity index (χ3n) is 4.58. The largest absolute Gasteiger partial charge is 0.361 e. The first-order valence-corrected chi connectivity index (χ1v) is 8.88.